The lowest BCUT2D eigenvalue weighted by Gasteiger charge is -2.25. The minimum atomic E-state index is -0.141. The molecule has 0 bridgehead atoms. The third kappa shape index (κ3) is 2.64. The van der Waals surface area contributed by atoms with Gasteiger partial charge in [0.25, 0.3) is 0 Å². The zero-order valence-electron chi connectivity index (χ0n) is 7.29. The van der Waals surface area contributed by atoms with Crippen LogP contribution in [0.25, 0.3) is 0 Å². The van der Waals surface area contributed by atoms with Crippen molar-refractivity contribution in [2.24, 2.45) is 11.7 Å². The molecule has 0 heterocycles. The van der Waals surface area contributed by atoms with E-state index in [4.69, 9.17) is 5.73 Å². The van der Waals surface area contributed by atoms with Gasteiger partial charge in [-0.25, -0.2) is 0 Å². The van der Waals surface area contributed by atoms with Gasteiger partial charge < -0.3 is 10.5 Å². The first-order chi connectivity index (χ1) is 5.25. The third-order valence-electron chi connectivity index (χ3n) is 2.32. The Balaban J connectivity index is 0.00000121. The van der Waals surface area contributed by atoms with Crippen LogP contribution in [0.15, 0.2) is 0 Å². The van der Waals surface area contributed by atoms with Crippen molar-refractivity contribution in [3.8, 4) is 0 Å². The summed E-state index contributed by atoms with van der Waals surface area (Å²) < 4.78 is 4.64. The Hall–Kier alpha value is -0.280. The fraction of sp³-hybridized carbons (Fsp3) is 0.875. The average Bonchev–Trinajstić information content (AvgIpc) is 2.04. The number of methoxy groups -OCH3 is 1. The van der Waals surface area contributed by atoms with Crippen molar-refractivity contribution < 1.29 is 9.53 Å². The molecule has 0 aromatic heterocycles. The number of halogens is 1. The van der Waals surface area contributed by atoms with Crippen LogP contribution in [-0.2, 0) is 9.53 Å². The lowest BCUT2D eigenvalue weighted by Crippen LogP contribution is -2.38. The maximum Gasteiger partial charge on any atom is 0.310 e. The molecule has 1 rings (SSSR count). The van der Waals surface area contributed by atoms with Crippen LogP contribution in [0.3, 0.4) is 0 Å². The summed E-state index contributed by atoms with van der Waals surface area (Å²) in [5.74, 6) is -0.189. The fourth-order valence-electron chi connectivity index (χ4n) is 1.60. The molecule has 0 aromatic rings. The van der Waals surface area contributed by atoms with Crippen LogP contribution in [0.5, 0.6) is 0 Å². The largest absolute Gasteiger partial charge is 0.469 e. The normalized spacial score (nSPS) is 28.8. The summed E-state index contributed by atoms with van der Waals surface area (Å²) in [6, 6.07) is 0.0243. The molecule has 2 atom stereocenters. The van der Waals surface area contributed by atoms with Gasteiger partial charge in [-0.15, -0.1) is 12.4 Å². The minimum absolute atomic E-state index is 0. The molecular formula is C8H16ClNO2. The molecule has 0 aromatic carbocycles. The van der Waals surface area contributed by atoms with Gasteiger partial charge in [0.15, 0.2) is 0 Å². The molecule has 72 valence electrons. The molecule has 1 aliphatic carbocycles. The Morgan fingerprint density at radius 3 is 2.50 bits per heavy atom. The van der Waals surface area contributed by atoms with E-state index in [2.05, 4.69) is 4.74 Å². The highest BCUT2D eigenvalue weighted by molar-refractivity contribution is 5.85. The second kappa shape index (κ2) is 5.38. The van der Waals surface area contributed by atoms with Crippen LogP contribution in [-0.4, -0.2) is 19.1 Å². The summed E-state index contributed by atoms with van der Waals surface area (Å²) in [5, 5.41) is 0. The van der Waals surface area contributed by atoms with E-state index in [0.29, 0.717) is 0 Å². The van der Waals surface area contributed by atoms with Crippen LogP contribution in [0, 0.1) is 5.92 Å². The van der Waals surface area contributed by atoms with Gasteiger partial charge >= 0.3 is 5.97 Å². The molecule has 1 fully saturated rings. The summed E-state index contributed by atoms with van der Waals surface area (Å²) >= 11 is 0. The number of hydrogen-bond acceptors (Lipinski definition) is 3. The lowest BCUT2D eigenvalue weighted by molar-refractivity contribution is -0.147. The van der Waals surface area contributed by atoms with Gasteiger partial charge in [0.1, 0.15) is 0 Å². The maximum absolute atomic E-state index is 11.1. The Kier molecular flexibility index (Phi) is 5.25. The second-order valence-corrected chi connectivity index (χ2v) is 3.08. The van der Waals surface area contributed by atoms with E-state index in [1.807, 2.05) is 0 Å². The Morgan fingerprint density at radius 1 is 1.42 bits per heavy atom. The average molecular weight is 194 g/mol. The number of rotatable bonds is 1. The van der Waals surface area contributed by atoms with E-state index in [0.717, 1.165) is 25.7 Å². The SMILES string of the molecule is COC(=O)[C@H]1CCCC[C@@H]1N.Cl. The lowest BCUT2D eigenvalue weighted by atomic mass is 9.85. The standard InChI is InChI=1S/C8H15NO2.ClH/c1-11-8(10)6-4-2-3-5-7(6)9;/h6-7H,2-5,9H2,1H3;1H/t6-,7-;/m0./s1. The van der Waals surface area contributed by atoms with Crippen LogP contribution < -0.4 is 5.73 Å². The Morgan fingerprint density at radius 2 is 2.00 bits per heavy atom. The van der Waals surface area contributed by atoms with Crippen molar-refractivity contribution in [1.29, 1.82) is 0 Å². The van der Waals surface area contributed by atoms with Gasteiger partial charge in [0.05, 0.1) is 13.0 Å². The first-order valence-electron chi connectivity index (χ1n) is 4.09. The van der Waals surface area contributed by atoms with Crippen molar-refractivity contribution in [1.82, 2.24) is 0 Å². The highest BCUT2D eigenvalue weighted by atomic mass is 35.5. The van der Waals surface area contributed by atoms with Crippen molar-refractivity contribution >= 4 is 18.4 Å². The highest BCUT2D eigenvalue weighted by Crippen LogP contribution is 2.23. The zero-order chi connectivity index (χ0) is 8.27. The Labute approximate surface area is 79.1 Å². The van der Waals surface area contributed by atoms with E-state index in [9.17, 15) is 4.79 Å². The topological polar surface area (TPSA) is 52.3 Å². The van der Waals surface area contributed by atoms with Gasteiger partial charge in [-0.1, -0.05) is 12.8 Å². The molecule has 0 saturated heterocycles. The smallest absolute Gasteiger partial charge is 0.310 e. The molecule has 2 N–H and O–H groups in total. The second-order valence-electron chi connectivity index (χ2n) is 3.08. The maximum atomic E-state index is 11.1. The van der Waals surface area contributed by atoms with Gasteiger partial charge in [0.2, 0.25) is 0 Å². The number of carbonyl (C=O) groups excluding carboxylic acids is 1. The summed E-state index contributed by atoms with van der Waals surface area (Å²) in [4.78, 5) is 11.1. The number of esters is 1. The molecular weight excluding hydrogens is 178 g/mol. The van der Waals surface area contributed by atoms with Crippen molar-refractivity contribution in [3.63, 3.8) is 0 Å². The molecule has 0 radical (unpaired) electrons. The molecule has 1 aliphatic rings. The van der Waals surface area contributed by atoms with E-state index < -0.39 is 0 Å². The van der Waals surface area contributed by atoms with Crippen molar-refractivity contribution in [3.05, 3.63) is 0 Å². The summed E-state index contributed by atoms with van der Waals surface area (Å²) in [6.07, 6.45) is 4.11. The predicted molar refractivity (Wildman–Crippen MR) is 49.2 cm³/mol. The van der Waals surface area contributed by atoms with E-state index in [1.165, 1.54) is 7.11 Å². The molecule has 0 aliphatic heterocycles. The van der Waals surface area contributed by atoms with Gasteiger partial charge in [0, 0.05) is 6.04 Å². The molecule has 4 heteroatoms. The summed E-state index contributed by atoms with van der Waals surface area (Å²) in [7, 11) is 1.42. The summed E-state index contributed by atoms with van der Waals surface area (Å²) in [6.45, 7) is 0. The number of nitrogens with two attached hydrogens (primary N) is 1. The molecule has 0 amide bonds. The zero-order valence-corrected chi connectivity index (χ0v) is 8.10. The van der Waals surface area contributed by atoms with Crippen LogP contribution in [0.1, 0.15) is 25.7 Å². The number of carbonyl (C=O) groups is 1. The third-order valence-corrected chi connectivity index (χ3v) is 2.32. The summed E-state index contributed by atoms with van der Waals surface area (Å²) in [5.41, 5.74) is 5.75. The number of ether oxygens (including phenoxy) is 1. The quantitative estimate of drug-likeness (QED) is 0.635. The first-order valence-corrected chi connectivity index (χ1v) is 4.09. The molecule has 12 heavy (non-hydrogen) atoms. The molecule has 0 unspecified atom stereocenters. The van der Waals surface area contributed by atoms with Gasteiger partial charge in [-0.05, 0) is 12.8 Å². The molecule has 1 saturated carbocycles. The minimum Gasteiger partial charge on any atom is -0.469 e. The highest BCUT2D eigenvalue weighted by Gasteiger charge is 2.28. The molecule has 3 nitrogen and oxygen atoms in total. The first kappa shape index (κ1) is 11.7. The van der Waals surface area contributed by atoms with Crippen molar-refractivity contribution in [2.45, 2.75) is 31.7 Å². The van der Waals surface area contributed by atoms with Crippen LogP contribution in [0.2, 0.25) is 0 Å². The van der Waals surface area contributed by atoms with Crippen LogP contribution >= 0.6 is 12.4 Å². The fourth-order valence-corrected chi connectivity index (χ4v) is 1.60. The monoisotopic (exact) mass is 193 g/mol. The van der Waals surface area contributed by atoms with E-state index in [-0.39, 0.29) is 30.3 Å². The van der Waals surface area contributed by atoms with Crippen LogP contribution in [0.4, 0.5) is 0 Å². The van der Waals surface area contributed by atoms with Gasteiger partial charge in [-0.3, -0.25) is 4.79 Å². The Bertz CT molecular complexity index is 152. The predicted octanol–water partition coefficient (Wildman–Crippen LogP) is 1.10. The number of hydrogen-bond donors (Lipinski definition) is 1. The van der Waals surface area contributed by atoms with Crippen molar-refractivity contribution in [2.75, 3.05) is 7.11 Å². The van der Waals surface area contributed by atoms with Gasteiger partial charge in [-0.2, -0.15) is 0 Å². The van der Waals surface area contributed by atoms with E-state index >= 15 is 0 Å². The van der Waals surface area contributed by atoms with E-state index in [1.54, 1.807) is 0 Å². The molecule has 0 spiro atoms.